The summed E-state index contributed by atoms with van der Waals surface area (Å²) in [6.45, 7) is 0. The van der Waals surface area contributed by atoms with E-state index < -0.39 is 29.3 Å². The first-order chi connectivity index (χ1) is 17.6. The van der Waals surface area contributed by atoms with E-state index in [-0.39, 0.29) is 5.91 Å². The van der Waals surface area contributed by atoms with Gasteiger partial charge in [0.2, 0.25) is 5.91 Å². The van der Waals surface area contributed by atoms with Gasteiger partial charge in [0.1, 0.15) is 29.2 Å². The number of fused-ring (bicyclic) bond motifs is 4. The second kappa shape index (κ2) is 9.26. The van der Waals surface area contributed by atoms with Crippen LogP contribution in [0.4, 0.5) is 33.9 Å². The number of urea groups is 1. The van der Waals surface area contributed by atoms with E-state index in [1.807, 2.05) is 18.2 Å². The van der Waals surface area contributed by atoms with Crippen LogP contribution in [0.15, 0.2) is 48.7 Å². The second-order valence-corrected chi connectivity index (χ2v) is 8.64. The van der Waals surface area contributed by atoms with Crippen LogP contribution in [0.25, 0.3) is 0 Å². The molecule has 1 aliphatic carbocycles. The molecule has 1 aromatic heterocycles. The van der Waals surface area contributed by atoms with E-state index in [0.29, 0.717) is 36.7 Å². The number of halogens is 4. The van der Waals surface area contributed by atoms with Crippen LogP contribution in [-0.4, -0.2) is 23.0 Å². The Bertz CT molecular complexity index is 1400. The Morgan fingerprint density at radius 2 is 2.00 bits per heavy atom. The van der Waals surface area contributed by atoms with Crippen LogP contribution in [0.5, 0.6) is 17.2 Å². The summed E-state index contributed by atoms with van der Waals surface area (Å²) < 4.78 is 61.5. The number of nitrogens with zero attached hydrogens (tertiary/aromatic N) is 1. The molecule has 1 fully saturated rings. The Morgan fingerprint density at radius 1 is 1.19 bits per heavy atom. The molecule has 3 aliphatic rings. The van der Waals surface area contributed by atoms with Crippen LogP contribution in [0, 0.1) is 5.82 Å². The second-order valence-electron chi connectivity index (χ2n) is 8.64. The molecule has 8 nitrogen and oxygen atoms in total. The van der Waals surface area contributed by atoms with E-state index in [1.54, 1.807) is 11.5 Å². The van der Waals surface area contributed by atoms with Gasteiger partial charge in [0.05, 0.1) is 11.3 Å². The molecule has 37 heavy (non-hydrogen) atoms. The minimum Gasteiger partial charge on any atom is -0.489 e. The number of carbonyl (C=O) groups excluding carboxylic acids is 2. The van der Waals surface area contributed by atoms with Crippen molar-refractivity contribution >= 4 is 23.4 Å². The average molecular weight is 516 g/mol. The summed E-state index contributed by atoms with van der Waals surface area (Å²) >= 11 is 0. The normalized spacial score (nSPS) is 18.6. The quantitative estimate of drug-likeness (QED) is 0.407. The van der Waals surface area contributed by atoms with Gasteiger partial charge in [-0.05, 0) is 49.2 Å². The lowest BCUT2D eigenvalue weighted by molar-refractivity contribution is -0.139. The number of benzene rings is 2. The van der Waals surface area contributed by atoms with Gasteiger partial charge in [-0.15, -0.1) is 0 Å². The van der Waals surface area contributed by atoms with E-state index in [2.05, 4.69) is 22.1 Å². The number of amides is 3. The van der Waals surface area contributed by atoms with Gasteiger partial charge < -0.3 is 25.8 Å². The molecule has 12 heteroatoms. The van der Waals surface area contributed by atoms with Crippen LogP contribution in [0.2, 0.25) is 0 Å². The number of nitrogens with one attached hydrogen (secondary N) is 2. The van der Waals surface area contributed by atoms with Gasteiger partial charge in [-0.3, -0.25) is 4.79 Å². The van der Waals surface area contributed by atoms with E-state index in [0.717, 1.165) is 41.4 Å². The first kappa shape index (κ1) is 24.3. The highest BCUT2D eigenvalue weighted by Crippen LogP contribution is 2.54. The highest BCUT2D eigenvalue weighted by Gasteiger charge is 2.48. The molecule has 0 bridgehead atoms. The number of hydrogen-bond donors (Lipinski definition) is 3. The summed E-state index contributed by atoms with van der Waals surface area (Å²) in [6.07, 6.45) is -0.520. The van der Waals surface area contributed by atoms with Crippen LogP contribution in [-0.2, 0) is 17.4 Å². The van der Waals surface area contributed by atoms with Crippen molar-refractivity contribution in [3.05, 3.63) is 71.2 Å². The molecule has 4 N–H and O–H groups in total. The predicted octanol–water partition coefficient (Wildman–Crippen LogP) is 5.34. The number of pyridine rings is 1. The zero-order valence-electron chi connectivity index (χ0n) is 19.1. The number of primary amides is 1. The molecule has 3 amide bonds. The molecule has 3 aromatic rings. The van der Waals surface area contributed by atoms with Gasteiger partial charge >= 0.3 is 12.2 Å². The third-order valence-electron chi connectivity index (χ3n) is 6.05. The molecule has 1 saturated carbocycles. The maximum absolute atomic E-state index is 13.1. The van der Waals surface area contributed by atoms with Crippen molar-refractivity contribution in [2.24, 2.45) is 5.73 Å². The number of anilines is 2. The van der Waals surface area contributed by atoms with E-state index in [9.17, 15) is 27.2 Å². The van der Waals surface area contributed by atoms with Gasteiger partial charge in [0, 0.05) is 29.7 Å². The minimum atomic E-state index is -4.81. The number of aromatic nitrogens is 1. The average Bonchev–Trinajstić information content (AvgIpc) is 3.51. The molecular formula is C25H20F4N4O4. The van der Waals surface area contributed by atoms with Gasteiger partial charge in [-0.25, -0.2) is 14.2 Å². The summed E-state index contributed by atoms with van der Waals surface area (Å²) in [5, 5.41) is 4.54. The fourth-order valence-electron chi connectivity index (χ4n) is 4.24. The Labute approximate surface area is 207 Å². The first-order valence-electron chi connectivity index (χ1n) is 11.3. The van der Waals surface area contributed by atoms with Gasteiger partial charge in [0.15, 0.2) is 5.82 Å². The van der Waals surface area contributed by atoms with Crippen LogP contribution >= 0.6 is 0 Å². The fourth-order valence-corrected chi connectivity index (χ4v) is 4.24. The van der Waals surface area contributed by atoms with Crippen LogP contribution in [0.1, 0.15) is 35.4 Å². The maximum Gasteiger partial charge on any atom is 0.419 e. The number of hydrogen-bond acceptors (Lipinski definition) is 5. The third kappa shape index (κ3) is 5.13. The molecular weight excluding hydrogens is 496 g/mol. The molecule has 3 heterocycles. The SMILES string of the molecule is NC(=O)Nc1cccc(C(F)(F)F)c1F.O=C1CCc2c(Oc3ccc4c(c3)C3CC3O4)ccnc2N1. The summed E-state index contributed by atoms with van der Waals surface area (Å²) in [6, 6.07) is 9.22. The fraction of sp³-hybridized carbons (Fsp3) is 0.240. The number of carbonyl (C=O) groups is 2. The lowest BCUT2D eigenvalue weighted by Gasteiger charge is -2.19. The lowest BCUT2D eigenvalue weighted by Crippen LogP contribution is -2.21. The number of nitrogens with two attached hydrogens (primary N) is 1. The molecule has 6 rings (SSSR count). The molecule has 0 radical (unpaired) electrons. The first-order valence-corrected chi connectivity index (χ1v) is 11.3. The van der Waals surface area contributed by atoms with Crippen LogP contribution in [0.3, 0.4) is 0 Å². The molecule has 0 saturated heterocycles. The van der Waals surface area contributed by atoms with Crippen molar-refractivity contribution < 1.29 is 36.6 Å². The van der Waals surface area contributed by atoms with Gasteiger partial charge in [-0.2, -0.15) is 13.2 Å². The third-order valence-corrected chi connectivity index (χ3v) is 6.05. The van der Waals surface area contributed by atoms with Crippen molar-refractivity contribution in [1.82, 2.24) is 4.98 Å². The zero-order valence-corrected chi connectivity index (χ0v) is 19.1. The maximum atomic E-state index is 13.1. The number of ether oxygens (including phenoxy) is 2. The van der Waals surface area contributed by atoms with Gasteiger partial charge in [0.25, 0.3) is 0 Å². The standard InChI is InChI=1S/C17H14N2O3.C8H6F4N2O/c20-16-4-2-10-14(5-6-18-17(10)19-16)21-9-1-3-13-11(7-9)12-8-15(12)22-13;9-6-4(8(10,11)12)2-1-3-5(6)14-7(13)15/h1,3,5-7,12,15H,2,4,8H2,(H,18,19,20);1-3H,(H3,13,14,15). The van der Waals surface area contributed by atoms with E-state index >= 15 is 0 Å². The van der Waals surface area contributed by atoms with E-state index in [1.165, 1.54) is 5.56 Å². The summed E-state index contributed by atoms with van der Waals surface area (Å²) in [5.41, 5.74) is 4.81. The molecule has 2 aliphatic heterocycles. The Morgan fingerprint density at radius 3 is 2.76 bits per heavy atom. The summed E-state index contributed by atoms with van der Waals surface area (Å²) in [4.78, 5) is 26.0. The number of rotatable bonds is 3. The zero-order chi connectivity index (χ0) is 26.3. The Balaban J connectivity index is 0.000000165. The topological polar surface area (TPSA) is 116 Å². The predicted molar refractivity (Wildman–Crippen MR) is 124 cm³/mol. The van der Waals surface area contributed by atoms with E-state index in [4.69, 9.17) is 9.47 Å². The monoisotopic (exact) mass is 516 g/mol. The Hall–Kier alpha value is -4.35. The summed E-state index contributed by atoms with van der Waals surface area (Å²) in [7, 11) is 0. The molecule has 2 aromatic carbocycles. The van der Waals surface area contributed by atoms with Crippen molar-refractivity contribution in [2.45, 2.75) is 37.5 Å². The van der Waals surface area contributed by atoms with Crippen molar-refractivity contribution in [3.8, 4) is 17.2 Å². The highest BCUT2D eigenvalue weighted by atomic mass is 19.4. The smallest absolute Gasteiger partial charge is 0.419 e. The van der Waals surface area contributed by atoms with Gasteiger partial charge in [-0.1, -0.05) is 6.07 Å². The molecule has 2 unspecified atom stereocenters. The molecule has 0 spiro atoms. The highest BCUT2D eigenvalue weighted by molar-refractivity contribution is 5.93. The largest absolute Gasteiger partial charge is 0.489 e. The van der Waals surface area contributed by atoms with Crippen molar-refractivity contribution in [2.75, 3.05) is 10.6 Å². The molecule has 2 atom stereocenters. The minimum absolute atomic E-state index is 0.00612. The number of alkyl halides is 3. The lowest BCUT2D eigenvalue weighted by atomic mass is 10.1. The van der Waals surface area contributed by atoms with Crippen LogP contribution < -0.4 is 25.8 Å². The van der Waals surface area contributed by atoms with Crippen molar-refractivity contribution in [3.63, 3.8) is 0 Å². The summed E-state index contributed by atoms with van der Waals surface area (Å²) in [5.74, 6) is 2.16. The Kier molecular flexibility index (Phi) is 6.10. The van der Waals surface area contributed by atoms with Crippen molar-refractivity contribution in [1.29, 1.82) is 0 Å². The molecule has 192 valence electrons.